The second-order valence-corrected chi connectivity index (χ2v) is 13.5. The van der Waals surface area contributed by atoms with E-state index in [1.54, 1.807) is 37.7 Å². The lowest BCUT2D eigenvalue weighted by atomic mass is 9.41. The summed E-state index contributed by atoms with van der Waals surface area (Å²) < 4.78 is 39.9. The van der Waals surface area contributed by atoms with Crippen LogP contribution in [0.1, 0.15) is 65.5 Å². The number of carbonyl (C=O) groups excluding carboxylic acids is 2. The second kappa shape index (κ2) is 13.4. The van der Waals surface area contributed by atoms with E-state index in [4.69, 9.17) is 32.8 Å². The van der Waals surface area contributed by atoms with Gasteiger partial charge in [0.15, 0.2) is 0 Å². The van der Waals surface area contributed by atoms with E-state index in [2.05, 4.69) is 25.8 Å². The summed E-state index contributed by atoms with van der Waals surface area (Å²) in [6.45, 7) is 9.93. The summed E-state index contributed by atoms with van der Waals surface area (Å²) in [5, 5.41) is 12.2. The molecule has 5 rings (SSSR count). The van der Waals surface area contributed by atoms with Crippen LogP contribution in [0.5, 0.6) is 5.75 Å². The Morgan fingerprint density at radius 2 is 1.96 bits per heavy atom. The Kier molecular flexibility index (Phi) is 9.93. The number of carbonyl (C=O) groups is 2. The Hall–Kier alpha value is -3.32. The first-order valence-corrected chi connectivity index (χ1v) is 15.8. The summed E-state index contributed by atoms with van der Waals surface area (Å²) in [5.74, 6) is -1.31. The third-order valence-electron chi connectivity index (χ3n) is 10.8. The van der Waals surface area contributed by atoms with Gasteiger partial charge in [0.1, 0.15) is 42.2 Å². The van der Waals surface area contributed by atoms with Crippen molar-refractivity contribution < 1.29 is 47.5 Å². The molecule has 2 aromatic heterocycles. The van der Waals surface area contributed by atoms with Crippen LogP contribution < -0.4 is 10.4 Å². The number of aromatic nitrogens is 1. The fourth-order valence-corrected chi connectivity index (χ4v) is 8.28. The predicted molar refractivity (Wildman–Crippen MR) is 164 cm³/mol. The topological polar surface area (TPSA) is 153 Å². The molecule has 0 bridgehead atoms. The van der Waals surface area contributed by atoms with Gasteiger partial charge >= 0.3 is 17.6 Å². The maximum atomic E-state index is 13.5. The van der Waals surface area contributed by atoms with Gasteiger partial charge in [-0.3, -0.25) is 9.78 Å². The van der Waals surface area contributed by atoms with Gasteiger partial charge in [-0.05, 0) is 55.6 Å². The quantitative estimate of drug-likeness (QED) is 0.213. The smallest absolute Gasteiger partial charge is 0.345 e. The molecule has 2 fully saturated rings. The average Bonchev–Trinajstić information content (AvgIpc) is 3.01. The van der Waals surface area contributed by atoms with Crippen molar-refractivity contribution in [3.8, 4) is 17.1 Å². The first-order valence-electron chi connectivity index (χ1n) is 15.8. The number of pyridine rings is 1. The van der Waals surface area contributed by atoms with E-state index in [9.17, 15) is 19.5 Å². The number of aliphatic hydroxyl groups is 1. The summed E-state index contributed by atoms with van der Waals surface area (Å²) in [6, 6.07) is 5.06. The Morgan fingerprint density at radius 3 is 2.65 bits per heavy atom. The highest BCUT2D eigenvalue weighted by atomic mass is 16.7. The van der Waals surface area contributed by atoms with Gasteiger partial charge in [-0.1, -0.05) is 20.8 Å². The number of hydrogen-bond donors (Lipinski definition) is 1. The molecule has 0 spiro atoms. The minimum atomic E-state index is -1.29. The first-order chi connectivity index (χ1) is 21.8. The lowest BCUT2D eigenvalue weighted by molar-refractivity contribution is -0.263. The Balaban J connectivity index is 1.54. The van der Waals surface area contributed by atoms with Gasteiger partial charge in [-0.15, -0.1) is 0 Å². The van der Waals surface area contributed by atoms with Crippen molar-refractivity contribution in [3.63, 3.8) is 0 Å². The summed E-state index contributed by atoms with van der Waals surface area (Å²) in [7, 11) is 1.56. The van der Waals surface area contributed by atoms with Crippen molar-refractivity contribution in [1.29, 1.82) is 0 Å². The highest BCUT2D eigenvalue weighted by molar-refractivity contribution is 5.71. The van der Waals surface area contributed by atoms with Crippen LogP contribution in [-0.2, 0) is 33.3 Å². The molecule has 3 heterocycles. The van der Waals surface area contributed by atoms with Gasteiger partial charge in [0.25, 0.3) is 0 Å². The summed E-state index contributed by atoms with van der Waals surface area (Å²) in [4.78, 5) is 42.9. The third kappa shape index (κ3) is 6.20. The number of rotatable bonds is 11. The molecule has 0 aromatic carbocycles. The van der Waals surface area contributed by atoms with Gasteiger partial charge in [0.05, 0.1) is 25.9 Å². The molecule has 0 amide bonds. The fraction of sp³-hybridized carbons (Fsp3) is 0.647. The van der Waals surface area contributed by atoms with Crippen molar-refractivity contribution in [1.82, 2.24) is 4.98 Å². The molecular formula is C34H45NO11. The summed E-state index contributed by atoms with van der Waals surface area (Å²) in [6.07, 6.45) is 2.93. The molecule has 0 saturated heterocycles. The molecule has 2 saturated carbocycles. The lowest BCUT2D eigenvalue weighted by Crippen LogP contribution is -2.70. The van der Waals surface area contributed by atoms with E-state index in [0.29, 0.717) is 31.6 Å². The molecular weight excluding hydrogens is 598 g/mol. The first kappa shape index (κ1) is 34.0. The predicted octanol–water partition coefficient (Wildman–Crippen LogP) is 4.08. The van der Waals surface area contributed by atoms with E-state index in [-0.39, 0.29) is 54.9 Å². The molecule has 2 aromatic rings. The SMILES string of the molecule is COCCOCOCC(=O)O[C@H]1CC2[C@](C)(CC[C@H](C)[C@@]2(C)COC(C)=O)C2[C@@H](O)c3c(cc(-c4cccnc4)oc3=O)O[C@@]21C. The summed E-state index contributed by atoms with van der Waals surface area (Å²) in [5.41, 5.74) is -2.48. The van der Waals surface area contributed by atoms with E-state index < -0.39 is 46.2 Å². The van der Waals surface area contributed by atoms with Crippen LogP contribution in [-0.4, -0.2) is 74.1 Å². The fourth-order valence-electron chi connectivity index (χ4n) is 8.28. The zero-order valence-electron chi connectivity index (χ0n) is 27.4. The highest BCUT2D eigenvalue weighted by Crippen LogP contribution is 2.68. The van der Waals surface area contributed by atoms with Crippen molar-refractivity contribution in [3.05, 3.63) is 46.6 Å². The molecule has 12 nitrogen and oxygen atoms in total. The van der Waals surface area contributed by atoms with Crippen LogP contribution in [0.4, 0.5) is 0 Å². The number of fused-ring (bicyclic) bond motifs is 4. The van der Waals surface area contributed by atoms with Crippen LogP contribution in [0.15, 0.2) is 39.8 Å². The van der Waals surface area contributed by atoms with Gasteiger partial charge < -0.3 is 37.9 Å². The standard InChI is InChI=1S/C34H45NO11/c1-20-9-10-32(3)25(33(20,4)18-43-21(2)36)15-26(45-27(37)17-42-19-41-13-12-40-6)34(5)30(32)29(38)28-24(46-34)14-23(44-31(28)39)22-8-7-11-35-16-22/h7-8,11,14,16,20,25-26,29-30,38H,9-10,12-13,15,17-19H2,1-6H3/t20-,25?,26-,29-,30?,32-,33+,34+/m0/s1. The maximum absolute atomic E-state index is 13.5. The summed E-state index contributed by atoms with van der Waals surface area (Å²) >= 11 is 0. The van der Waals surface area contributed by atoms with Crippen LogP contribution in [0.2, 0.25) is 0 Å². The van der Waals surface area contributed by atoms with Crippen LogP contribution in [0, 0.1) is 28.6 Å². The third-order valence-corrected chi connectivity index (χ3v) is 10.8. The molecule has 8 atom stereocenters. The van der Waals surface area contributed by atoms with Crippen molar-refractivity contribution in [2.75, 3.05) is 40.3 Å². The Labute approximate surface area is 268 Å². The second-order valence-electron chi connectivity index (χ2n) is 13.5. The minimum Gasteiger partial charge on any atom is -0.482 e. The maximum Gasteiger partial charge on any atom is 0.345 e. The zero-order chi connectivity index (χ0) is 33.3. The van der Waals surface area contributed by atoms with Crippen molar-refractivity contribution >= 4 is 11.9 Å². The molecule has 1 aliphatic heterocycles. The largest absolute Gasteiger partial charge is 0.482 e. The van der Waals surface area contributed by atoms with E-state index in [0.717, 1.165) is 6.42 Å². The molecule has 0 radical (unpaired) electrons. The number of ether oxygens (including phenoxy) is 6. The number of methoxy groups -OCH3 is 1. The van der Waals surface area contributed by atoms with Gasteiger partial charge in [-0.2, -0.15) is 0 Å². The number of hydrogen-bond acceptors (Lipinski definition) is 12. The molecule has 3 aliphatic rings. The molecule has 252 valence electrons. The normalized spacial score (nSPS) is 33.2. The van der Waals surface area contributed by atoms with Crippen LogP contribution in [0.25, 0.3) is 11.3 Å². The van der Waals surface area contributed by atoms with Gasteiger partial charge in [0.2, 0.25) is 0 Å². The number of nitrogens with zero attached hydrogens (tertiary/aromatic N) is 1. The van der Waals surface area contributed by atoms with Crippen LogP contribution in [0.3, 0.4) is 0 Å². The Bertz CT molecular complexity index is 1460. The molecule has 2 unspecified atom stereocenters. The monoisotopic (exact) mass is 643 g/mol. The van der Waals surface area contributed by atoms with Crippen molar-refractivity contribution in [2.45, 2.75) is 71.7 Å². The molecule has 46 heavy (non-hydrogen) atoms. The van der Waals surface area contributed by atoms with Gasteiger partial charge in [0, 0.05) is 49.4 Å². The number of aliphatic hydroxyl groups excluding tert-OH is 1. The highest BCUT2D eigenvalue weighted by Gasteiger charge is 2.70. The molecule has 2 aliphatic carbocycles. The Morgan fingerprint density at radius 1 is 1.17 bits per heavy atom. The molecule has 12 heteroatoms. The van der Waals surface area contributed by atoms with E-state index in [1.807, 2.05) is 6.92 Å². The lowest BCUT2D eigenvalue weighted by Gasteiger charge is -2.66. The van der Waals surface area contributed by atoms with E-state index in [1.165, 1.54) is 6.92 Å². The molecule has 1 N–H and O–H groups in total. The van der Waals surface area contributed by atoms with Gasteiger partial charge in [-0.25, -0.2) is 9.59 Å². The van der Waals surface area contributed by atoms with Crippen molar-refractivity contribution in [2.24, 2.45) is 28.6 Å². The van der Waals surface area contributed by atoms with Crippen LogP contribution >= 0.6 is 0 Å². The number of esters is 2. The minimum absolute atomic E-state index is 0.0268. The zero-order valence-corrected chi connectivity index (χ0v) is 27.4. The van der Waals surface area contributed by atoms with E-state index >= 15 is 0 Å². The average molecular weight is 644 g/mol.